The van der Waals surface area contributed by atoms with Gasteiger partial charge in [-0.15, -0.1) is 0 Å². The molecule has 0 fully saturated rings. The molecule has 1 heterocycles. The molecule has 0 amide bonds. The second-order valence-electron chi connectivity index (χ2n) is 8.27. The van der Waals surface area contributed by atoms with E-state index < -0.39 is 51.5 Å². The number of rotatable bonds is 5. The molecule has 0 aliphatic heterocycles. The summed E-state index contributed by atoms with van der Waals surface area (Å²) in [5.74, 6) is 0. The van der Waals surface area contributed by atoms with E-state index in [9.17, 15) is 104 Å². The average Bonchev–Trinajstić information content (AvgIpc) is 3.12. The molecule has 0 radical (unpaired) electrons. The molecule has 2 rings (SSSR count). The first-order chi connectivity index (χ1) is 21.4. The van der Waals surface area contributed by atoms with Crippen LogP contribution in [0.1, 0.15) is 0 Å². The zero-order chi connectivity index (χ0) is 41.9. The third-order valence-corrected chi connectivity index (χ3v) is 7.19. The summed E-state index contributed by atoms with van der Waals surface area (Å²) in [6, 6.07) is 7.77. The van der Waals surface area contributed by atoms with Crippen LogP contribution in [0.5, 0.6) is 0 Å². The first-order valence-electron chi connectivity index (χ1n) is 11.7. The van der Waals surface area contributed by atoms with E-state index >= 15 is 0 Å². The van der Waals surface area contributed by atoms with Crippen LogP contribution in [0.3, 0.4) is 0 Å². The first kappa shape index (κ1) is 56.8. The predicted molar refractivity (Wildman–Crippen MR) is 145 cm³/mol. The molecule has 0 spiro atoms. The molecule has 38 heteroatoms. The third-order valence-electron chi connectivity index (χ3n) is 3.28. The van der Waals surface area contributed by atoms with Gasteiger partial charge in [0.2, 0.25) is 0 Å². The van der Waals surface area contributed by atoms with Crippen LogP contribution in [0.25, 0.3) is 11.0 Å². The van der Waals surface area contributed by atoms with Crippen molar-refractivity contribution in [3.63, 3.8) is 0 Å². The van der Waals surface area contributed by atoms with Gasteiger partial charge in [0.25, 0.3) is 0 Å². The predicted octanol–water partition coefficient (Wildman–Crippen LogP) is 8.75. The van der Waals surface area contributed by atoms with Crippen molar-refractivity contribution in [2.24, 2.45) is 0 Å². The van der Waals surface area contributed by atoms with E-state index in [0.29, 0.717) is 0 Å². The SMILES string of the molecule is CN(C)[PH](On1nnc2ccccc21)(N(C)C)N(C)C.F[B-](F)(F)F.F[B-](F)(F)F.F[B-](F)(F)F.F[B-](F)(F)F.F[B-](F)(F)F.F[B-](F)(F)F. The van der Waals surface area contributed by atoms with E-state index in [2.05, 4.69) is 24.3 Å². The van der Waals surface area contributed by atoms with E-state index in [1.807, 2.05) is 66.6 Å². The molecule has 0 atom stereocenters. The summed E-state index contributed by atoms with van der Waals surface area (Å²) in [7, 11) is -26.4. The Morgan fingerprint density at radius 1 is 0.460 bits per heavy atom. The Morgan fingerprint density at radius 2 is 0.680 bits per heavy atom. The van der Waals surface area contributed by atoms with Crippen molar-refractivity contribution < 1.29 is 108 Å². The van der Waals surface area contributed by atoms with E-state index in [1.165, 1.54) is 4.85 Å². The number of para-hydroxylation sites is 1. The number of halogens is 24. The van der Waals surface area contributed by atoms with Gasteiger partial charge >= 0.3 is 163 Å². The van der Waals surface area contributed by atoms with Crippen LogP contribution in [0.2, 0.25) is 0 Å². The van der Waals surface area contributed by atoms with Crippen LogP contribution < -0.4 is 4.62 Å². The fraction of sp³-hybridized carbons (Fsp3) is 0.500. The molecule has 7 nitrogen and oxygen atoms in total. The second kappa shape index (κ2) is 23.1. The van der Waals surface area contributed by atoms with Crippen LogP contribution in [0.15, 0.2) is 24.3 Å². The zero-order valence-corrected chi connectivity index (χ0v) is 26.4. The minimum Gasteiger partial charge on any atom is -0.418 e. The molecule has 0 aliphatic carbocycles. The molecule has 0 N–H and O–H groups in total. The van der Waals surface area contributed by atoms with Gasteiger partial charge in [0.15, 0.2) is 0 Å². The molecule has 0 bridgehead atoms. The summed E-state index contributed by atoms with van der Waals surface area (Å²) in [4.78, 5) is 1.53. The summed E-state index contributed by atoms with van der Waals surface area (Å²) >= 11 is 0. The van der Waals surface area contributed by atoms with Crippen LogP contribution in [-0.2, 0) is 0 Å². The van der Waals surface area contributed by atoms with E-state index in [4.69, 9.17) is 4.62 Å². The van der Waals surface area contributed by atoms with Crippen LogP contribution in [0.4, 0.5) is 104 Å². The minimum atomic E-state index is -6.00. The summed E-state index contributed by atoms with van der Waals surface area (Å²) < 4.78 is 247. The maximum atomic E-state index is 9.75. The molecule has 0 saturated carbocycles. The fourth-order valence-electron chi connectivity index (χ4n) is 2.48. The van der Waals surface area contributed by atoms with Gasteiger partial charge < -0.3 is 104 Å². The summed E-state index contributed by atoms with van der Waals surface area (Å²) in [5, 5.41) is 8.26. The van der Waals surface area contributed by atoms with Gasteiger partial charge in [-0.2, -0.15) is 0 Å². The monoisotopic (exact) mass is 820 g/mol. The van der Waals surface area contributed by atoms with Crippen molar-refractivity contribution in [3.05, 3.63) is 24.3 Å². The number of aromatic nitrogens is 3. The average molecular weight is 819 g/mol. The molecule has 1 aromatic carbocycles. The van der Waals surface area contributed by atoms with Crippen molar-refractivity contribution in [1.82, 2.24) is 29.2 Å². The van der Waals surface area contributed by atoms with E-state index in [-0.39, 0.29) is 0 Å². The van der Waals surface area contributed by atoms with Gasteiger partial charge in [-0.25, -0.2) is 0 Å². The molecule has 0 unspecified atom stereocenters. The zero-order valence-electron chi connectivity index (χ0n) is 25.4. The summed E-state index contributed by atoms with van der Waals surface area (Å²) in [5.41, 5.74) is 1.70. The quantitative estimate of drug-likeness (QED) is 0.171. The maximum absolute atomic E-state index is 9.75. The van der Waals surface area contributed by atoms with Crippen molar-refractivity contribution in [3.8, 4) is 0 Å². The van der Waals surface area contributed by atoms with Crippen LogP contribution >= 0.6 is 7.94 Å². The van der Waals surface area contributed by atoms with Crippen molar-refractivity contribution in [1.29, 1.82) is 0 Å². The number of hydrogen-bond donors (Lipinski definition) is 0. The van der Waals surface area contributed by atoms with Crippen molar-refractivity contribution in [2.75, 3.05) is 42.3 Å². The van der Waals surface area contributed by atoms with Crippen molar-refractivity contribution >= 4 is 62.5 Å². The van der Waals surface area contributed by atoms with Gasteiger partial charge in [0.05, 0.1) is 0 Å². The van der Waals surface area contributed by atoms with Crippen molar-refractivity contribution in [2.45, 2.75) is 0 Å². The van der Waals surface area contributed by atoms with Gasteiger partial charge in [-0.3, -0.25) is 0 Å². The normalized spacial score (nSPS) is 12.7. The molecule has 2 aromatic rings. The maximum Gasteiger partial charge on any atom is 0.673 e. The smallest absolute Gasteiger partial charge is 0.418 e. The number of hydrogen-bond acceptors (Lipinski definition) is 6. The Bertz CT molecular complexity index is 988. The Balaban J connectivity index is -0.000000185. The number of benzene rings is 1. The largest absolute Gasteiger partial charge is 0.673 e. The molecule has 0 aliphatic rings. The topological polar surface area (TPSA) is 49.7 Å². The van der Waals surface area contributed by atoms with Gasteiger partial charge in [0, 0.05) is 0 Å². The molecular formula is C12H23B6F24N6OP-6. The Kier molecular flexibility index (Phi) is 26.2. The first-order valence-corrected chi connectivity index (χ1v) is 13.4. The summed E-state index contributed by atoms with van der Waals surface area (Å²) in [6.45, 7) is 0. The van der Waals surface area contributed by atoms with Crippen LogP contribution in [-0.4, -0.2) is 115 Å². The fourth-order valence-corrected chi connectivity index (χ4v) is 5.73. The number of fused-ring (bicyclic) bond motifs is 1. The molecule has 1 aromatic heterocycles. The van der Waals surface area contributed by atoms with Gasteiger partial charge in [0.1, 0.15) is 0 Å². The Hall–Kier alpha value is -2.56. The van der Waals surface area contributed by atoms with Crippen LogP contribution in [0, 0.1) is 0 Å². The third kappa shape index (κ3) is 54.9. The molecule has 50 heavy (non-hydrogen) atoms. The molecule has 304 valence electrons. The second-order valence-corrected chi connectivity index (χ2v) is 12.3. The summed E-state index contributed by atoms with van der Waals surface area (Å²) in [6.07, 6.45) is 0. The standard InChI is InChI=1S/C12H23N6OP.6BF4/c1-15(2)20(16(3)4,17(5)6)19-18-12-10-8-7-9-11(12)13-14-18;6*2-1(3,4)5/h7-10,20H,1-6H3;;;;;;/q;6*-1. The number of nitrogens with zero attached hydrogens (tertiary/aromatic N) is 6. The van der Waals surface area contributed by atoms with Gasteiger partial charge in [-0.1, -0.05) is 0 Å². The Labute approximate surface area is 267 Å². The Morgan fingerprint density at radius 3 is 0.900 bits per heavy atom. The molecular weight excluding hydrogens is 796 g/mol. The van der Waals surface area contributed by atoms with E-state index in [0.717, 1.165) is 11.0 Å². The van der Waals surface area contributed by atoms with Gasteiger partial charge in [-0.05, 0) is 0 Å². The molecule has 0 saturated heterocycles. The minimum absolute atomic E-state index is 0.826. The van der Waals surface area contributed by atoms with E-state index in [1.54, 1.807) is 0 Å².